The van der Waals surface area contributed by atoms with Gasteiger partial charge in [0.05, 0.1) is 0 Å². The number of hydrogen-bond donors (Lipinski definition) is 2. The van der Waals surface area contributed by atoms with Crippen LogP contribution in [-0.2, 0) is 14.2 Å². The number of nitrogens with one attached hydrogen (secondary N) is 1. The Kier molecular flexibility index (Phi) is 3.71. The Balaban J connectivity index is 1.55. The molecular formula is C15H19NO5. The van der Waals surface area contributed by atoms with Gasteiger partial charge in [-0.1, -0.05) is 18.2 Å². The Bertz CT molecular complexity index is 518. The first-order valence-electron chi connectivity index (χ1n) is 6.99. The quantitative estimate of drug-likeness (QED) is 0.856. The summed E-state index contributed by atoms with van der Waals surface area (Å²) in [6.45, 7) is 3.75. The van der Waals surface area contributed by atoms with Crippen LogP contribution in [0.25, 0.3) is 0 Å². The highest BCUT2D eigenvalue weighted by Crippen LogP contribution is 2.37. The molecule has 2 saturated heterocycles. The van der Waals surface area contributed by atoms with Crippen molar-refractivity contribution in [1.29, 1.82) is 0 Å². The van der Waals surface area contributed by atoms with E-state index in [0.717, 1.165) is 0 Å². The van der Waals surface area contributed by atoms with E-state index >= 15 is 0 Å². The minimum atomic E-state index is -0.826. The summed E-state index contributed by atoms with van der Waals surface area (Å²) < 4.78 is 16.8. The summed E-state index contributed by atoms with van der Waals surface area (Å²) in [5, 5.41) is 12.9. The van der Waals surface area contributed by atoms with Crippen LogP contribution in [0.3, 0.4) is 0 Å². The lowest BCUT2D eigenvalue weighted by molar-refractivity contribution is -0.213. The van der Waals surface area contributed by atoms with E-state index in [4.69, 9.17) is 14.2 Å². The van der Waals surface area contributed by atoms with Crippen molar-refractivity contribution < 1.29 is 24.1 Å². The third kappa shape index (κ3) is 2.94. The monoisotopic (exact) mass is 293 g/mol. The predicted octanol–water partition coefficient (Wildman–Crippen LogP) is 0.654. The van der Waals surface area contributed by atoms with Gasteiger partial charge in [0.25, 0.3) is 5.91 Å². The zero-order valence-corrected chi connectivity index (χ0v) is 12.0. The summed E-state index contributed by atoms with van der Waals surface area (Å²) in [6, 6.07) is 8.89. The van der Waals surface area contributed by atoms with Crippen LogP contribution in [-0.4, -0.2) is 47.9 Å². The summed E-state index contributed by atoms with van der Waals surface area (Å²) in [4.78, 5) is 11.9. The molecule has 0 aromatic heterocycles. The molecule has 21 heavy (non-hydrogen) atoms. The first-order valence-corrected chi connectivity index (χ1v) is 6.99. The molecule has 2 aliphatic heterocycles. The summed E-state index contributed by atoms with van der Waals surface area (Å²) >= 11 is 0. The molecule has 0 aliphatic carbocycles. The van der Waals surface area contributed by atoms with Gasteiger partial charge < -0.3 is 24.6 Å². The molecular weight excluding hydrogens is 274 g/mol. The maximum atomic E-state index is 11.9. The third-order valence-corrected chi connectivity index (χ3v) is 3.61. The number of carbonyl (C=O) groups is 1. The molecule has 1 aromatic carbocycles. The fourth-order valence-corrected chi connectivity index (χ4v) is 2.61. The fraction of sp³-hybridized carbons (Fsp3) is 0.533. The molecule has 0 unspecified atom stereocenters. The van der Waals surface area contributed by atoms with E-state index in [1.165, 1.54) is 0 Å². The lowest BCUT2D eigenvalue weighted by Gasteiger charge is -2.23. The molecule has 2 N–H and O–H groups in total. The molecule has 0 radical (unpaired) electrons. The average molecular weight is 293 g/mol. The molecule has 1 amide bonds. The van der Waals surface area contributed by atoms with Crippen molar-refractivity contribution in [3.63, 3.8) is 0 Å². The van der Waals surface area contributed by atoms with Crippen molar-refractivity contribution in [2.45, 2.75) is 44.2 Å². The number of amides is 1. The number of aliphatic hydroxyl groups excluding tert-OH is 1. The topological polar surface area (TPSA) is 77.0 Å². The number of rotatable bonds is 3. The van der Waals surface area contributed by atoms with Gasteiger partial charge in [-0.25, -0.2) is 0 Å². The van der Waals surface area contributed by atoms with Crippen LogP contribution in [0.15, 0.2) is 30.3 Å². The van der Waals surface area contributed by atoms with Crippen molar-refractivity contribution in [1.82, 2.24) is 5.32 Å². The van der Waals surface area contributed by atoms with Crippen LogP contribution in [0.4, 0.5) is 0 Å². The van der Waals surface area contributed by atoms with Crippen LogP contribution in [0.2, 0.25) is 0 Å². The Morgan fingerprint density at radius 2 is 2.00 bits per heavy atom. The fourth-order valence-electron chi connectivity index (χ4n) is 2.61. The van der Waals surface area contributed by atoms with E-state index in [-0.39, 0.29) is 12.5 Å². The van der Waals surface area contributed by atoms with Gasteiger partial charge in [0.15, 0.2) is 12.1 Å². The second-order valence-electron chi connectivity index (χ2n) is 5.71. The molecule has 4 atom stereocenters. The van der Waals surface area contributed by atoms with Gasteiger partial charge >= 0.3 is 0 Å². The lowest BCUT2D eigenvalue weighted by atomic mass is 10.1. The van der Waals surface area contributed by atoms with Gasteiger partial charge in [0.2, 0.25) is 0 Å². The third-order valence-electron chi connectivity index (χ3n) is 3.61. The number of carbonyl (C=O) groups excluding carboxylic acids is 1. The number of ether oxygens (including phenoxy) is 3. The maximum absolute atomic E-state index is 11.9. The smallest absolute Gasteiger partial charge is 0.251 e. The SMILES string of the molecule is CC1(C)O[C@H]2O[C@@H](CNC(=O)c3ccccc3)[C@H](O)[C@@H]2O1. The average Bonchev–Trinajstić information content (AvgIpc) is 2.91. The minimum absolute atomic E-state index is 0.203. The molecule has 0 saturated carbocycles. The molecule has 0 bridgehead atoms. The normalized spacial score (nSPS) is 33.7. The summed E-state index contributed by atoms with van der Waals surface area (Å²) in [6.07, 6.45) is -2.47. The number of fused-ring (bicyclic) bond motifs is 1. The van der Waals surface area contributed by atoms with Crippen molar-refractivity contribution in [2.75, 3.05) is 6.54 Å². The van der Waals surface area contributed by atoms with Gasteiger partial charge in [-0.05, 0) is 26.0 Å². The van der Waals surface area contributed by atoms with E-state index in [9.17, 15) is 9.90 Å². The Hall–Kier alpha value is -1.47. The Morgan fingerprint density at radius 1 is 1.29 bits per heavy atom. The second-order valence-corrected chi connectivity index (χ2v) is 5.71. The van der Waals surface area contributed by atoms with E-state index in [1.807, 2.05) is 6.07 Å². The predicted molar refractivity (Wildman–Crippen MR) is 73.5 cm³/mol. The maximum Gasteiger partial charge on any atom is 0.251 e. The van der Waals surface area contributed by atoms with E-state index in [1.54, 1.807) is 38.1 Å². The van der Waals surface area contributed by atoms with Gasteiger partial charge in [-0.15, -0.1) is 0 Å². The van der Waals surface area contributed by atoms with Crippen LogP contribution < -0.4 is 5.32 Å². The largest absolute Gasteiger partial charge is 0.387 e. The molecule has 3 rings (SSSR count). The van der Waals surface area contributed by atoms with Crippen LogP contribution in [0.1, 0.15) is 24.2 Å². The standard InChI is InChI=1S/C15H19NO5/c1-15(2)20-12-11(17)10(19-14(12)21-15)8-16-13(18)9-6-4-3-5-7-9/h3-7,10-12,14,17H,8H2,1-2H3,(H,16,18)/t10-,11-,12-,14+/m0/s1. The highest BCUT2D eigenvalue weighted by molar-refractivity contribution is 5.94. The van der Waals surface area contributed by atoms with Gasteiger partial charge in [0.1, 0.15) is 18.3 Å². The summed E-state index contributed by atoms with van der Waals surface area (Å²) in [5.41, 5.74) is 0.568. The molecule has 2 fully saturated rings. The highest BCUT2D eigenvalue weighted by Gasteiger charge is 2.54. The number of hydrogen-bond acceptors (Lipinski definition) is 5. The van der Waals surface area contributed by atoms with Gasteiger partial charge in [0, 0.05) is 12.1 Å². The number of aliphatic hydroxyl groups is 1. The molecule has 1 aromatic rings. The van der Waals surface area contributed by atoms with Gasteiger partial charge in [-0.2, -0.15) is 0 Å². The molecule has 6 heteroatoms. The lowest BCUT2D eigenvalue weighted by Crippen LogP contribution is -2.41. The summed E-state index contributed by atoms with van der Waals surface area (Å²) in [7, 11) is 0. The Morgan fingerprint density at radius 3 is 2.67 bits per heavy atom. The zero-order chi connectivity index (χ0) is 15.0. The van der Waals surface area contributed by atoms with Crippen molar-refractivity contribution in [3.05, 3.63) is 35.9 Å². The zero-order valence-electron chi connectivity index (χ0n) is 12.0. The highest BCUT2D eigenvalue weighted by atomic mass is 16.8. The number of benzene rings is 1. The Labute approximate surface area is 123 Å². The summed E-state index contributed by atoms with van der Waals surface area (Å²) in [5.74, 6) is -0.959. The van der Waals surface area contributed by atoms with E-state index < -0.39 is 30.4 Å². The van der Waals surface area contributed by atoms with Crippen LogP contribution in [0.5, 0.6) is 0 Å². The molecule has 114 valence electrons. The second kappa shape index (κ2) is 5.38. The minimum Gasteiger partial charge on any atom is -0.387 e. The van der Waals surface area contributed by atoms with Crippen molar-refractivity contribution in [2.24, 2.45) is 0 Å². The van der Waals surface area contributed by atoms with Gasteiger partial charge in [-0.3, -0.25) is 4.79 Å². The molecule has 2 heterocycles. The van der Waals surface area contributed by atoms with E-state index in [2.05, 4.69) is 5.32 Å². The first-order chi connectivity index (χ1) is 9.96. The van der Waals surface area contributed by atoms with E-state index in [0.29, 0.717) is 5.56 Å². The molecule has 0 spiro atoms. The molecule has 2 aliphatic rings. The van der Waals surface area contributed by atoms with Crippen molar-refractivity contribution >= 4 is 5.91 Å². The van der Waals surface area contributed by atoms with Crippen molar-refractivity contribution in [3.8, 4) is 0 Å². The van der Waals surface area contributed by atoms with Crippen LogP contribution in [0, 0.1) is 0 Å². The first kappa shape index (κ1) is 14.5. The van der Waals surface area contributed by atoms with Crippen LogP contribution >= 0.6 is 0 Å². The molecule has 6 nitrogen and oxygen atoms in total.